The van der Waals surface area contributed by atoms with Crippen molar-refractivity contribution >= 4 is 6.21 Å². The average molecular weight is 121 g/mol. The third-order valence-corrected chi connectivity index (χ3v) is 0.530. The van der Waals surface area contributed by atoms with Crippen LogP contribution in [0.4, 0.5) is 0 Å². The molecule has 0 aromatic heterocycles. The van der Waals surface area contributed by atoms with E-state index >= 15 is 0 Å². The van der Waals surface area contributed by atoms with Gasteiger partial charge in [-0.05, 0) is 14.0 Å². The number of hydrogen-bond donors (Lipinski definition) is 0. The summed E-state index contributed by atoms with van der Waals surface area (Å²) in [6, 6.07) is 0. The Kier molecular flexibility index (Phi) is 9.64. The van der Waals surface area contributed by atoms with Crippen LogP contribution in [-0.4, -0.2) is 13.3 Å². The van der Waals surface area contributed by atoms with Crippen LogP contribution in [0.3, 0.4) is 0 Å². The van der Waals surface area contributed by atoms with Gasteiger partial charge in [0.1, 0.15) is 0 Å². The van der Waals surface area contributed by atoms with Gasteiger partial charge < -0.3 is 9.84 Å². The predicted octanol–water partition coefficient (Wildman–Crippen LogP) is -3.11. The molecule has 0 atom stereocenters. The first kappa shape index (κ1) is 11.4. The van der Waals surface area contributed by atoms with Gasteiger partial charge in [0.25, 0.3) is 0 Å². The molecule has 0 radical (unpaired) electrons. The van der Waals surface area contributed by atoms with Crippen LogP contribution in [0.25, 0.3) is 0 Å². The number of ether oxygens (including phenoxy) is 1. The molecule has 0 saturated carbocycles. The number of hydrogen-bond acceptors (Lipinski definition) is 3. The summed E-state index contributed by atoms with van der Waals surface area (Å²) >= 11 is 0. The summed E-state index contributed by atoms with van der Waals surface area (Å²) in [4.78, 5) is 3.52. The second-order valence-corrected chi connectivity index (χ2v) is 1.06. The third-order valence-electron chi connectivity index (χ3n) is 0.530. The van der Waals surface area contributed by atoms with Crippen molar-refractivity contribution in [3.8, 4) is 0 Å². The van der Waals surface area contributed by atoms with Gasteiger partial charge in [0.15, 0.2) is 0 Å². The molecule has 0 aromatic carbocycles. The molecular weight excluding hydrogens is 113 g/mol. The molecule has 0 aliphatic heterocycles. The minimum Gasteiger partial charge on any atom is -0.616 e. The monoisotopic (exact) mass is 121 g/mol. The molecule has 0 unspecified atom stereocenters. The van der Waals surface area contributed by atoms with Crippen LogP contribution in [-0.2, 0) is 4.74 Å². The fourth-order valence-corrected chi connectivity index (χ4v) is 0.188. The summed E-state index contributed by atoms with van der Waals surface area (Å²) in [5.41, 5.74) is 0. The number of aliphatic imine (C=N–C) groups is 1. The van der Waals surface area contributed by atoms with Crippen LogP contribution in [0.5, 0.6) is 0 Å². The molecular formula is C5H8LiNO2. The Morgan fingerprint density at radius 1 is 1.67 bits per heavy atom. The van der Waals surface area contributed by atoms with E-state index in [1.807, 2.05) is 0 Å². The number of rotatable bonds is 2. The Morgan fingerprint density at radius 2 is 2.22 bits per heavy atom. The van der Waals surface area contributed by atoms with Crippen LogP contribution >= 0.6 is 0 Å². The molecule has 9 heavy (non-hydrogen) atoms. The minimum absolute atomic E-state index is 0. The SMILES string of the molecule is CC=N/C=C(\[O-])OC.[Li+]. The maximum Gasteiger partial charge on any atom is 1.00 e. The first-order valence-electron chi connectivity index (χ1n) is 2.20. The molecule has 0 heterocycles. The number of nitrogens with zero attached hydrogens (tertiary/aromatic N) is 1. The summed E-state index contributed by atoms with van der Waals surface area (Å²) in [5.74, 6) is -0.428. The quantitative estimate of drug-likeness (QED) is 0.220. The second kappa shape index (κ2) is 7.61. The maximum absolute atomic E-state index is 10.2. The first-order chi connectivity index (χ1) is 3.81. The normalized spacial score (nSPS) is 11.1. The Morgan fingerprint density at radius 3 is 2.56 bits per heavy atom. The fraction of sp³-hybridized carbons (Fsp3) is 0.400. The van der Waals surface area contributed by atoms with Crippen molar-refractivity contribution in [2.75, 3.05) is 7.11 Å². The van der Waals surface area contributed by atoms with Gasteiger partial charge in [0.2, 0.25) is 0 Å². The van der Waals surface area contributed by atoms with Crippen molar-refractivity contribution in [2.45, 2.75) is 6.92 Å². The van der Waals surface area contributed by atoms with Crippen LogP contribution in [0.15, 0.2) is 17.1 Å². The largest absolute Gasteiger partial charge is 1.00 e. The minimum atomic E-state index is -0.428. The maximum atomic E-state index is 10.2. The zero-order valence-corrected chi connectivity index (χ0v) is 5.92. The molecule has 46 valence electrons. The molecule has 0 spiro atoms. The first-order valence-corrected chi connectivity index (χ1v) is 2.20. The van der Waals surface area contributed by atoms with Gasteiger partial charge >= 0.3 is 18.9 Å². The molecule has 0 aliphatic rings. The van der Waals surface area contributed by atoms with E-state index in [9.17, 15) is 5.11 Å². The van der Waals surface area contributed by atoms with Crippen molar-refractivity contribution in [2.24, 2.45) is 4.99 Å². The Balaban J connectivity index is 0. The van der Waals surface area contributed by atoms with Crippen LogP contribution in [0, 0.1) is 0 Å². The standard InChI is InChI=1S/C5H9NO2.Li/c1-3-6-4-5(7)8-2;/h3-4,7H,1-2H3;/q;+1/p-1/b5-4+,6-3?;. The summed E-state index contributed by atoms with van der Waals surface area (Å²) in [6.45, 7) is 1.72. The second-order valence-electron chi connectivity index (χ2n) is 1.06. The van der Waals surface area contributed by atoms with E-state index in [4.69, 9.17) is 0 Å². The zero-order chi connectivity index (χ0) is 6.41. The van der Waals surface area contributed by atoms with Crippen molar-refractivity contribution < 1.29 is 28.7 Å². The topological polar surface area (TPSA) is 44.7 Å². The molecule has 4 heteroatoms. The van der Waals surface area contributed by atoms with Crippen molar-refractivity contribution in [3.63, 3.8) is 0 Å². The van der Waals surface area contributed by atoms with Gasteiger partial charge in [-0.1, -0.05) is 0 Å². The number of methoxy groups -OCH3 is 1. The van der Waals surface area contributed by atoms with Gasteiger partial charge in [-0.2, -0.15) is 0 Å². The van der Waals surface area contributed by atoms with E-state index in [1.165, 1.54) is 13.3 Å². The summed E-state index contributed by atoms with van der Waals surface area (Å²) in [5, 5.41) is 10.2. The molecule has 0 aliphatic carbocycles. The molecule has 0 saturated heterocycles. The van der Waals surface area contributed by atoms with Crippen LogP contribution in [0.1, 0.15) is 6.92 Å². The van der Waals surface area contributed by atoms with E-state index < -0.39 is 5.95 Å². The van der Waals surface area contributed by atoms with E-state index in [-0.39, 0.29) is 18.9 Å². The van der Waals surface area contributed by atoms with E-state index in [2.05, 4.69) is 9.73 Å². The molecule has 3 nitrogen and oxygen atoms in total. The van der Waals surface area contributed by atoms with Crippen molar-refractivity contribution in [3.05, 3.63) is 12.1 Å². The van der Waals surface area contributed by atoms with E-state index in [0.29, 0.717) is 0 Å². The van der Waals surface area contributed by atoms with E-state index in [0.717, 1.165) is 6.20 Å². The smallest absolute Gasteiger partial charge is 0.616 e. The predicted molar refractivity (Wildman–Crippen MR) is 29.3 cm³/mol. The average Bonchev–Trinajstić information content (AvgIpc) is 1.83. The summed E-state index contributed by atoms with van der Waals surface area (Å²) in [7, 11) is 1.31. The molecule has 0 rings (SSSR count). The van der Waals surface area contributed by atoms with Crippen LogP contribution in [0.2, 0.25) is 0 Å². The molecule has 0 fully saturated rings. The van der Waals surface area contributed by atoms with Crippen molar-refractivity contribution in [1.82, 2.24) is 0 Å². The summed E-state index contributed by atoms with van der Waals surface area (Å²) < 4.78 is 4.24. The third kappa shape index (κ3) is 7.61. The Hall–Kier alpha value is -0.393. The molecule has 0 N–H and O–H groups in total. The molecule has 0 bridgehead atoms. The van der Waals surface area contributed by atoms with Crippen molar-refractivity contribution in [1.29, 1.82) is 0 Å². The molecule has 0 amide bonds. The molecule has 0 aromatic rings. The Bertz CT molecular complexity index is 112. The van der Waals surface area contributed by atoms with E-state index in [1.54, 1.807) is 6.92 Å². The fourth-order valence-electron chi connectivity index (χ4n) is 0.188. The van der Waals surface area contributed by atoms with Gasteiger partial charge in [0, 0.05) is 12.4 Å². The van der Waals surface area contributed by atoms with Gasteiger partial charge in [0.05, 0.1) is 5.95 Å². The Labute approximate surface area is 66.6 Å². The van der Waals surface area contributed by atoms with Gasteiger partial charge in [-0.25, -0.2) is 0 Å². The summed E-state index contributed by atoms with van der Waals surface area (Å²) in [6.07, 6.45) is 2.62. The van der Waals surface area contributed by atoms with Gasteiger partial charge in [-0.3, -0.25) is 4.99 Å². The zero-order valence-electron chi connectivity index (χ0n) is 5.92. The van der Waals surface area contributed by atoms with Crippen LogP contribution < -0.4 is 24.0 Å². The van der Waals surface area contributed by atoms with Gasteiger partial charge in [-0.15, -0.1) is 0 Å².